The number of hydrogen-bond donors (Lipinski definition) is 2. The van der Waals surface area contributed by atoms with Crippen LogP contribution >= 0.6 is 11.6 Å². The number of amides is 2. The van der Waals surface area contributed by atoms with E-state index in [4.69, 9.17) is 16.3 Å². The molecule has 32 heavy (non-hydrogen) atoms. The maximum absolute atomic E-state index is 13.0. The van der Waals surface area contributed by atoms with Crippen LogP contribution in [0, 0.1) is 13.8 Å². The van der Waals surface area contributed by atoms with Crippen molar-refractivity contribution in [3.8, 4) is 0 Å². The second kappa shape index (κ2) is 10.3. The Morgan fingerprint density at radius 1 is 1.12 bits per heavy atom. The molecule has 2 aromatic rings. The Hall–Kier alpha value is -3.32. The summed E-state index contributed by atoms with van der Waals surface area (Å²) in [7, 11) is 1.30. The number of fused-ring (bicyclic) bond motifs is 1. The van der Waals surface area contributed by atoms with Gasteiger partial charge in [0.15, 0.2) is 0 Å². The van der Waals surface area contributed by atoms with E-state index in [1.807, 2.05) is 38.1 Å². The molecule has 8 heteroatoms. The smallest absolute Gasteiger partial charge is 0.311 e. The normalized spacial score (nSPS) is 12.9. The van der Waals surface area contributed by atoms with Gasteiger partial charge in [0.05, 0.1) is 24.9 Å². The molecule has 7 nitrogen and oxygen atoms in total. The Balaban J connectivity index is 1.75. The molecule has 0 bridgehead atoms. The van der Waals surface area contributed by atoms with Gasteiger partial charge in [-0.3, -0.25) is 19.3 Å². The molecule has 168 valence electrons. The fraction of sp³-hybridized carbons (Fsp3) is 0.292. The molecule has 3 rings (SSSR count). The van der Waals surface area contributed by atoms with Gasteiger partial charge in [-0.1, -0.05) is 23.7 Å². The second-order valence-corrected chi connectivity index (χ2v) is 8.09. The van der Waals surface area contributed by atoms with Gasteiger partial charge in [0, 0.05) is 23.3 Å². The van der Waals surface area contributed by atoms with Crippen molar-refractivity contribution in [3.63, 3.8) is 0 Å². The molecule has 1 aliphatic rings. The van der Waals surface area contributed by atoms with Crippen LogP contribution in [0.15, 0.2) is 48.2 Å². The molecule has 2 N–H and O–H groups in total. The summed E-state index contributed by atoms with van der Waals surface area (Å²) in [6.45, 7) is 4.20. The van der Waals surface area contributed by atoms with Crippen LogP contribution in [0.5, 0.6) is 0 Å². The summed E-state index contributed by atoms with van der Waals surface area (Å²) in [5, 5.41) is 6.68. The highest BCUT2D eigenvalue weighted by molar-refractivity contribution is 6.30. The molecule has 0 radical (unpaired) electrons. The Labute approximate surface area is 192 Å². The van der Waals surface area contributed by atoms with Crippen molar-refractivity contribution in [1.29, 1.82) is 0 Å². The number of carbonyl (C=O) groups is 3. The third-order valence-corrected chi connectivity index (χ3v) is 5.53. The highest BCUT2D eigenvalue weighted by Gasteiger charge is 2.25. The van der Waals surface area contributed by atoms with Crippen molar-refractivity contribution in [3.05, 3.63) is 69.9 Å². The number of nitrogens with zero attached hydrogens (tertiary/aromatic N) is 1. The van der Waals surface area contributed by atoms with E-state index < -0.39 is 5.97 Å². The van der Waals surface area contributed by atoms with Crippen LogP contribution in [0.4, 0.5) is 11.4 Å². The summed E-state index contributed by atoms with van der Waals surface area (Å²) in [6.07, 6.45) is 1.91. The first-order chi connectivity index (χ1) is 15.3. The first-order valence-electron chi connectivity index (χ1n) is 10.2. The minimum Gasteiger partial charge on any atom is -0.469 e. The summed E-state index contributed by atoms with van der Waals surface area (Å²) >= 11 is 5.90. The quantitative estimate of drug-likeness (QED) is 0.624. The molecule has 0 saturated carbocycles. The molecule has 0 saturated heterocycles. The topological polar surface area (TPSA) is 87.7 Å². The fourth-order valence-electron chi connectivity index (χ4n) is 3.36. The minimum atomic E-state index is -0.463. The zero-order chi connectivity index (χ0) is 23.3. The third kappa shape index (κ3) is 5.88. The van der Waals surface area contributed by atoms with Crippen molar-refractivity contribution in [2.45, 2.75) is 26.7 Å². The number of esters is 1. The lowest BCUT2D eigenvalue weighted by Gasteiger charge is -2.23. The van der Waals surface area contributed by atoms with Crippen molar-refractivity contribution in [2.75, 3.05) is 30.4 Å². The molecular weight excluding hydrogens is 430 g/mol. The summed E-state index contributed by atoms with van der Waals surface area (Å²) in [5.41, 5.74) is 4.72. The Morgan fingerprint density at radius 3 is 2.50 bits per heavy atom. The molecule has 0 spiro atoms. The van der Waals surface area contributed by atoms with E-state index in [9.17, 15) is 14.4 Å². The van der Waals surface area contributed by atoms with Gasteiger partial charge in [-0.2, -0.15) is 0 Å². The maximum Gasteiger partial charge on any atom is 0.311 e. The zero-order valence-corrected chi connectivity index (χ0v) is 19.1. The van der Waals surface area contributed by atoms with Crippen molar-refractivity contribution in [2.24, 2.45) is 0 Å². The first kappa shape index (κ1) is 23.3. The highest BCUT2D eigenvalue weighted by atomic mass is 35.5. The third-order valence-electron chi connectivity index (χ3n) is 5.28. The summed E-state index contributed by atoms with van der Waals surface area (Å²) in [4.78, 5) is 38.8. The molecule has 0 atom stereocenters. The van der Waals surface area contributed by atoms with Gasteiger partial charge in [0.25, 0.3) is 5.91 Å². The van der Waals surface area contributed by atoms with Gasteiger partial charge in [0.1, 0.15) is 6.54 Å². The van der Waals surface area contributed by atoms with Crippen molar-refractivity contribution < 1.29 is 19.1 Å². The molecule has 0 aliphatic carbocycles. The number of nitrogens with one attached hydrogen (secondary N) is 2. The summed E-state index contributed by atoms with van der Waals surface area (Å²) in [6, 6.07) is 11.2. The van der Waals surface area contributed by atoms with Gasteiger partial charge in [-0.15, -0.1) is 0 Å². The lowest BCUT2D eigenvalue weighted by atomic mass is 10.1. The van der Waals surface area contributed by atoms with E-state index in [1.165, 1.54) is 18.1 Å². The average molecular weight is 456 g/mol. The van der Waals surface area contributed by atoms with Crippen molar-refractivity contribution in [1.82, 2.24) is 5.32 Å². The van der Waals surface area contributed by atoms with Crippen LogP contribution in [0.1, 0.15) is 23.1 Å². The number of anilines is 2. The number of ether oxygens (including phenoxy) is 1. The van der Waals surface area contributed by atoms with Crippen LogP contribution < -0.4 is 15.5 Å². The summed E-state index contributed by atoms with van der Waals surface area (Å²) in [5.74, 6) is -1.12. The number of rotatable bonds is 7. The predicted molar refractivity (Wildman–Crippen MR) is 125 cm³/mol. The van der Waals surface area contributed by atoms with E-state index in [0.29, 0.717) is 35.1 Å². The first-order valence-corrected chi connectivity index (χ1v) is 10.6. The molecule has 0 aromatic heterocycles. The lowest BCUT2D eigenvalue weighted by Crippen LogP contribution is -2.40. The van der Waals surface area contributed by atoms with E-state index in [-0.39, 0.29) is 24.8 Å². The molecular formula is C24H26ClN3O4. The van der Waals surface area contributed by atoms with E-state index in [0.717, 1.165) is 16.7 Å². The lowest BCUT2D eigenvalue weighted by molar-refractivity contribution is -0.139. The maximum atomic E-state index is 13.0. The molecule has 0 fully saturated rings. The van der Waals surface area contributed by atoms with Gasteiger partial charge in [0.2, 0.25) is 5.91 Å². The van der Waals surface area contributed by atoms with Crippen molar-refractivity contribution >= 4 is 40.8 Å². The Morgan fingerprint density at radius 2 is 1.81 bits per heavy atom. The number of benzene rings is 2. The number of hydrogen-bond acceptors (Lipinski definition) is 5. The van der Waals surface area contributed by atoms with Crippen LogP contribution in [-0.4, -0.2) is 38.0 Å². The van der Waals surface area contributed by atoms with E-state index in [1.54, 1.807) is 12.1 Å². The molecule has 2 aromatic carbocycles. The number of methoxy groups -OCH3 is 1. The number of halogens is 1. The largest absolute Gasteiger partial charge is 0.469 e. The SMILES string of the molecule is COC(=O)CC1=CC(=O)N(CC(=O)NCCc2ccc(Cl)cc2)c2cc(C)c(C)cc2N1. The monoisotopic (exact) mass is 455 g/mol. The highest BCUT2D eigenvalue weighted by Crippen LogP contribution is 2.33. The standard InChI is InChI=1S/C24H26ClN3O4/c1-15-10-20-21(11-16(15)2)28(23(30)12-19(27-20)13-24(31)32-3)14-22(29)26-9-8-17-4-6-18(25)7-5-17/h4-7,10-12,27H,8-9,13-14H2,1-3H3,(H,26,29). The fourth-order valence-corrected chi connectivity index (χ4v) is 3.49. The molecule has 1 aliphatic heterocycles. The zero-order valence-electron chi connectivity index (χ0n) is 18.3. The van der Waals surface area contributed by atoms with Crippen LogP contribution in [0.25, 0.3) is 0 Å². The number of aryl methyl sites for hydroxylation is 2. The van der Waals surface area contributed by atoms with Gasteiger partial charge >= 0.3 is 5.97 Å². The van der Waals surface area contributed by atoms with Crippen LogP contribution in [0.2, 0.25) is 5.02 Å². The molecule has 2 amide bonds. The van der Waals surface area contributed by atoms with Gasteiger partial charge < -0.3 is 15.4 Å². The van der Waals surface area contributed by atoms with Gasteiger partial charge in [-0.25, -0.2) is 0 Å². The Bertz CT molecular complexity index is 1060. The average Bonchev–Trinajstić information content (AvgIpc) is 2.86. The van der Waals surface area contributed by atoms with Crippen LogP contribution in [0.3, 0.4) is 0 Å². The van der Waals surface area contributed by atoms with Gasteiger partial charge in [-0.05, 0) is 61.2 Å². The van der Waals surface area contributed by atoms with E-state index >= 15 is 0 Å². The second-order valence-electron chi connectivity index (χ2n) is 7.65. The molecule has 0 unspecified atom stereocenters. The number of carbonyl (C=O) groups excluding carboxylic acids is 3. The Kier molecular flexibility index (Phi) is 7.53. The summed E-state index contributed by atoms with van der Waals surface area (Å²) < 4.78 is 4.72. The molecule has 1 heterocycles. The van der Waals surface area contributed by atoms with Crippen LogP contribution in [-0.2, 0) is 25.5 Å². The minimum absolute atomic E-state index is 0.0737. The van der Waals surface area contributed by atoms with E-state index in [2.05, 4.69) is 10.6 Å². The predicted octanol–water partition coefficient (Wildman–Crippen LogP) is 3.52.